The molecule has 2 N–H and O–H groups in total. The molecular weight excluding hydrogens is 439 g/mol. The molecule has 1 aromatic carbocycles. The molecule has 0 bridgehead atoms. The lowest BCUT2D eigenvalue weighted by atomic mass is 10.1. The Balaban J connectivity index is 0.00000338. The summed E-state index contributed by atoms with van der Waals surface area (Å²) in [7, 11) is 0. The van der Waals surface area contributed by atoms with Crippen LogP contribution >= 0.6 is 24.0 Å². The topological polar surface area (TPSA) is 67.1 Å². The molecule has 0 saturated heterocycles. The highest BCUT2D eigenvalue weighted by atomic mass is 127. The fraction of sp³-hybridized carbons (Fsp3) is 0.526. The van der Waals surface area contributed by atoms with Crippen LogP contribution in [0.15, 0.2) is 41.9 Å². The van der Waals surface area contributed by atoms with Crippen LogP contribution in [0.5, 0.6) is 0 Å². The van der Waals surface area contributed by atoms with Crippen LogP contribution < -0.4 is 10.6 Å². The Kier molecular flexibility index (Phi) is 10.9. The first kappa shape index (κ1) is 22.4. The lowest BCUT2D eigenvalue weighted by molar-refractivity contribution is 0.609. The molecule has 7 heteroatoms. The Morgan fingerprint density at radius 3 is 2.42 bits per heavy atom. The number of aryl methyl sites for hydroxylation is 2. The molecule has 0 aliphatic rings. The van der Waals surface area contributed by atoms with Gasteiger partial charge in [-0.25, -0.2) is 0 Å². The van der Waals surface area contributed by atoms with Gasteiger partial charge in [0.1, 0.15) is 12.7 Å². The van der Waals surface area contributed by atoms with Crippen molar-refractivity contribution in [1.29, 1.82) is 0 Å². The maximum absolute atomic E-state index is 4.69. The fourth-order valence-corrected chi connectivity index (χ4v) is 2.59. The summed E-state index contributed by atoms with van der Waals surface area (Å²) in [6.07, 6.45) is 6.67. The molecule has 0 spiro atoms. The van der Waals surface area contributed by atoms with Gasteiger partial charge in [0.2, 0.25) is 0 Å². The van der Waals surface area contributed by atoms with Gasteiger partial charge in [0.15, 0.2) is 5.96 Å². The molecule has 2 rings (SSSR count). The van der Waals surface area contributed by atoms with E-state index in [0.717, 1.165) is 44.9 Å². The van der Waals surface area contributed by atoms with E-state index in [1.54, 1.807) is 12.7 Å². The van der Waals surface area contributed by atoms with Crippen molar-refractivity contribution < 1.29 is 0 Å². The third-order valence-electron chi connectivity index (χ3n) is 4.15. The summed E-state index contributed by atoms with van der Waals surface area (Å²) in [6, 6.07) is 9.00. The fourth-order valence-electron chi connectivity index (χ4n) is 2.59. The normalized spacial score (nSPS) is 12.3. The minimum absolute atomic E-state index is 0. The highest BCUT2D eigenvalue weighted by Crippen LogP contribution is 2.13. The van der Waals surface area contributed by atoms with Gasteiger partial charge in [-0.15, -0.1) is 34.2 Å². The third-order valence-corrected chi connectivity index (χ3v) is 4.15. The summed E-state index contributed by atoms with van der Waals surface area (Å²) < 4.78 is 2.00. The molecule has 2 aromatic rings. The first-order chi connectivity index (χ1) is 12.2. The van der Waals surface area contributed by atoms with Crippen LogP contribution in [-0.2, 0) is 13.0 Å². The van der Waals surface area contributed by atoms with E-state index >= 15 is 0 Å². The van der Waals surface area contributed by atoms with Crippen LogP contribution in [0, 0.1) is 0 Å². The summed E-state index contributed by atoms with van der Waals surface area (Å²) in [6.45, 7) is 9.03. The Morgan fingerprint density at radius 1 is 1.12 bits per heavy atom. The Hall–Kier alpha value is -1.64. The van der Waals surface area contributed by atoms with E-state index in [1.807, 2.05) is 4.57 Å². The Morgan fingerprint density at radius 2 is 1.81 bits per heavy atom. The number of rotatable bonds is 9. The minimum Gasteiger partial charge on any atom is -0.357 e. The zero-order chi connectivity index (χ0) is 17.9. The molecule has 0 saturated carbocycles. The molecule has 144 valence electrons. The molecule has 26 heavy (non-hydrogen) atoms. The largest absolute Gasteiger partial charge is 0.357 e. The number of nitrogens with one attached hydrogen (secondary N) is 2. The summed E-state index contributed by atoms with van der Waals surface area (Å²) in [5.41, 5.74) is 2.64. The maximum Gasteiger partial charge on any atom is 0.191 e. The lowest BCUT2D eigenvalue weighted by Crippen LogP contribution is -2.38. The number of nitrogens with zero attached hydrogens (tertiary/aromatic N) is 4. The van der Waals surface area contributed by atoms with E-state index in [9.17, 15) is 0 Å². The molecule has 1 atom stereocenters. The number of aromatic nitrogens is 3. The zero-order valence-electron chi connectivity index (χ0n) is 16.0. The van der Waals surface area contributed by atoms with E-state index < -0.39 is 0 Å². The number of unbranched alkanes of at least 4 members (excludes halogenated alkanes) is 1. The monoisotopic (exact) mass is 470 g/mol. The van der Waals surface area contributed by atoms with Gasteiger partial charge in [-0.2, -0.15) is 0 Å². The van der Waals surface area contributed by atoms with Crippen molar-refractivity contribution in [3.05, 3.63) is 48.0 Å². The van der Waals surface area contributed by atoms with Gasteiger partial charge in [-0.1, -0.05) is 31.2 Å². The lowest BCUT2D eigenvalue weighted by Gasteiger charge is -2.18. The molecule has 0 fully saturated rings. The summed E-state index contributed by atoms with van der Waals surface area (Å²) in [4.78, 5) is 4.69. The first-order valence-electron chi connectivity index (χ1n) is 9.19. The van der Waals surface area contributed by atoms with Crippen molar-refractivity contribution >= 4 is 29.9 Å². The van der Waals surface area contributed by atoms with Crippen molar-refractivity contribution in [3.63, 3.8) is 0 Å². The highest BCUT2D eigenvalue weighted by molar-refractivity contribution is 14.0. The van der Waals surface area contributed by atoms with E-state index in [2.05, 4.69) is 70.9 Å². The van der Waals surface area contributed by atoms with E-state index in [4.69, 9.17) is 0 Å². The number of guanidine groups is 1. The Labute approximate surface area is 173 Å². The second-order valence-corrected chi connectivity index (χ2v) is 6.13. The smallest absolute Gasteiger partial charge is 0.191 e. The number of aliphatic imine (C=N–C) groups is 1. The summed E-state index contributed by atoms with van der Waals surface area (Å²) >= 11 is 0. The van der Waals surface area contributed by atoms with E-state index in [1.165, 1.54) is 11.1 Å². The highest BCUT2D eigenvalue weighted by Gasteiger charge is 2.07. The molecule has 1 unspecified atom stereocenters. The van der Waals surface area contributed by atoms with Crippen molar-refractivity contribution in [2.24, 2.45) is 4.99 Å². The van der Waals surface area contributed by atoms with Crippen LogP contribution in [0.25, 0.3) is 0 Å². The molecule has 0 amide bonds. The quantitative estimate of drug-likeness (QED) is 0.255. The summed E-state index contributed by atoms with van der Waals surface area (Å²) in [5, 5.41) is 14.4. The molecule has 0 radical (unpaired) electrons. The zero-order valence-corrected chi connectivity index (χ0v) is 18.3. The standard InChI is InChI=1S/C19H30N6.HI/c1-4-17-8-10-18(11-9-17)16(3)24-19(20-5-2)21-12-6-7-13-25-14-22-23-15-25;/h8-11,14-16H,4-7,12-13H2,1-3H3,(H2,20,21,24);1H. The predicted molar refractivity (Wildman–Crippen MR) is 118 cm³/mol. The van der Waals surface area contributed by atoms with E-state index in [-0.39, 0.29) is 30.0 Å². The molecule has 1 heterocycles. The van der Waals surface area contributed by atoms with Crippen LogP contribution in [0.4, 0.5) is 0 Å². The van der Waals surface area contributed by atoms with Crippen LogP contribution in [0.2, 0.25) is 0 Å². The summed E-state index contributed by atoms with van der Waals surface area (Å²) in [5.74, 6) is 0.874. The van der Waals surface area contributed by atoms with Gasteiger partial charge in [0.05, 0.1) is 6.04 Å². The van der Waals surface area contributed by atoms with Gasteiger partial charge in [-0.05, 0) is 44.2 Å². The van der Waals surface area contributed by atoms with Crippen LogP contribution in [0.3, 0.4) is 0 Å². The van der Waals surface area contributed by atoms with E-state index in [0.29, 0.717) is 0 Å². The van der Waals surface area contributed by atoms with Crippen LogP contribution in [0.1, 0.15) is 50.8 Å². The number of halogens is 1. The predicted octanol–water partition coefficient (Wildman–Crippen LogP) is 3.56. The minimum atomic E-state index is 0. The second kappa shape index (κ2) is 12.7. The second-order valence-electron chi connectivity index (χ2n) is 6.13. The van der Waals surface area contributed by atoms with Gasteiger partial charge < -0.3 is 15.2 Å². The number of hydrogen-bond acceptors (Lipinski definition) is 3. The molecule has 0 aliphatic carbocycles. The van der Waals surface area contributed by atoms with Crippen molar-refractivity contribution in [1.82, 2.24) is 25.4 Å². The van der Waals surface area contributed by atoms with Crippen molar-refractivity contribution in [2.75, 3.05) is 13.1 Å². The van der Waals surface area contributed by atoms with Crippen molar-refractivity contribution in [2.45, 2.75) is 52.6 Å². The average Bonchev–Trinajstić information content (AvgIpc) is 3.15. The van der Waals surface area contributed by atoms with Gasteiger partial charge in [0, 0.05) is 19.6 Å². The maximum atomic E-state index is 4.69. The molecule has 6 nitrogen and oxygen atoms in total. The first-order valence-corrected chi connectivity index (χ1v) is 9.19. The van der Waals surface area contributed by atoms with Crippen LogP contribution in [-0.4, -0.2) is 33.8 Å². The van der Waals surface area contributed by atoms with Gasteiger partial charge in [-0.3, -0.25) is 4.99 Å². The Bertz CT molecular complexity index is 624. The van der Waals surface area contributed by atoms with Gasteiger partial charge >= 0.3 is 0 Å². The molecule has 0 aliphatic heterocycles. The van der Waals surface area contributed by atoms with Crippen molar-refractivity contribution in [3.8, 4) is 0 Å². The average molecular weight is 470 g/mol. The molecule has 1 aromatic heterocycles. The third kappa shape index (κ3) is 7.72. The number of benzene rings is 1. The number of hydrogen-bond donors (Lipinski definition) is 2. The van der Waals surface area contributed by atoms with Gasteiger partial charge in [0.25, 0.3) is 0 Å². The SMILES string of the molecule is CCNC(=NCCCCn1cnnc1)NC(C)c1ccc(CC)cc1.I. The molecular formula is C19H31IN6.